The predicted octanol–water partition coefficient (Wildman–Crippen LogP) is 2.74. The Balaban J connectivity index is 2.64. The highest BCUT2D eigenvalue weighted by molar-refractivity contribution is 5.93. The number of carbonyl (C=O) groups is 1. The summed E-state index contributed by atoms with van der Waals surface area (Å²) in [7, 11) is 0. The van der Waals surface area contributed by atoms with E-state index in [-0.39, 0.29) is 5.78 Å². The lowest BCUT2D eigenvalue weighted by Crippen LogP contribution is -2.04. The number of rotatable bonds is 4. The zero-order valence-electron chi connectivity index (χ0n) is 8.58. The third kappa shape index (κ3) is 2.72. The van der Waals surface area contributed by atoms with Crippen LogP contribution in [0.1, 0.15) is 37.6 Å². The lowest BCUT2D eigenvalue weighted by molar-refractivity contribution is 0.101. The summed E-state index contributed by atoms with van der Waals surface area (Å²) in [5, 5.41) is 0. The minimum atomic E-state index is 0.142. The molecule has 0 aliphatic carbocycles. The number of Topliss-reactive ketones (excluding diaryl/α,β-unsaturated/α-hetero) is 1. The molecule has 0 spiro atoms. The Morgan fingerprint density at radius 3 is 2.77 bits per heavy atom. The van der Waals surface area contributed by atoms with Crippen LogP contribution in [0.25, 0.3) is 0 Å². The number of aromatic nitrogens is 1. The predicted molar refractivity (Wildman–Crippen MR) is 53.9 cm³/mol. The molecule has 1 unspecified atom stereocenters. The summed E-state index contributed by atoms with van der Waals surface area (Å²) in [4.78, 5) is 11.0. The van der Waals surface area contributed by atoms with Gasteiger partial charge in [-0.3, -0.25) is 4.79 Å². The van der Waals surface area contributed by atoms with Gasteiger partial charge in [-0.2, -0.15) is 0 Å². The van der Waals surface area contributed by atoms with Crippen LogP contribution < -0.4 is 0 Å². The third-order valence-electron chi connectivity index (χ3n) is 2.38. The number of hydrogen-bond acceptors (Lipinski definition) is 1. The van der Waals surface area contributed by atoms with Crippen LogP contribution in [0.15, 0.2) is 18.5 Å². The second kappa shape index (κ2) is 4.26. The number of carbonyl (C=O) groups excluding carboxylic acids is 1. The van der Waals surface area contributed by atoms with Gasteiger partial charge in [0, 0.05) is 24.5 Å². The normalized spacial score (nSPS) is 12.8. The van der Waals surface area contributed by atoms with Gasteiger partial charge in [0.1, 0.15) is 0 Å². The number of ketones is 1. The summed E-state index contributed by atoms with van der Waals surface area (Å²) in [6.45, 7) is 7.00. The monoisotopic (exact) mass is 179 g/mol. The molecule has 1 atom stereocenters. The van der Waals surface area contributed by atoms with Gasteiger partial charge in [0.25, 0.3) is 0 Å². The third-order valence-corrected chi connectivity index (χ3v) is 2.38. The van der Waals surface area contributed by atoms with E-state index < -0.39 is 0 Å². The molecule has 2 heteroatoms. The van der Waals surface area contributed by atoms with Crippen molar-refractivity contribution in [1.29, 1.82) is 0 Å². The van der Waals surface area contributed by atoms with Crippen molar-refractivity contribution in [3.63, 3.8) is 0 Å². The van der Waals surface area contributed by atoms with Crippen LogP contribution in [0.2, 0.25) is 0 Å². The molecule has 1 aromatic rings. The second-order valence-electron chi connectivity index (χ2n) is 3.67. The minimum absolute atomic E-state index is 0.142. The van der Waals surface area contributed by atoms with Gasteiger partial charge in [0.05, 0.1) is 0 Å². The second-order valence-corrected chi connectivity index (χ2v) is 3.67. The molecule has 13 heavy (non-hydrogen) atoms. The summed E-state index contributed by atoms with van der Waals surface area (Å²) in [5.41, 5.74) is 0.809. The van der Waals surface area contributed by atoms with Gasteiger partial charge in [-0.25, -0.2) is 0 Å². The van der Waals surface area contributed by atoms with Crippen molar-refractivity contribution < 1.29 is 4.79 Å². The van der Waals surface area contributed by atoms with Gasteiger partial charge in [-0.15, -0.1) is 0 Å². The largest absolute Gasteiger partial charge is 0.353 e. The van der Waals surface area contributed by atoms with Crippen molar-refractivity contribution in [2.24, 2.45) is 5.92 Å². The Hall–Kier alpha value is -1.05. The molecule has 1 rings (SSSR count). The Morgan fingerprint density at radius 1 is 1.62 bits per heavy atom. The molecule has 0 aromatic carbocycles. The van der Waals surface area contributed by atoms with Crippen LogP contribution in [-0.4, -0.2) is 10.4 Å². The molecule has 0 radical (unpaired) electrons. The lowest BCUT2D eigenvalue weighted by Gasteiger charge is -2.08. The summed E-state index contributed by atoms with van der Waals surface area (Å²) in [5.74, 6) is 0.815. The van der Waals surface area contributed by atoms with E-state index in [1.807, 2.05) is 18.5 Å². The highest BCUT2D eigenvalue weighted by Crippen LogP contribution is 2.08. The van der Waals surface area contributed by atoms with Crippen LogP contribution in [-0.2, 0) is 6.54 Å². The maximum absolute atomic E-state index is 11.0. The zero-order valence-corrected chi connectivity index (χ0v) is 8.58. The summed E-state index contributed by atoms with van der Waals surface area (Å²) < 4.78 is 2.09. The van der Waals surface area contributed by atoms with Gasteiger partial charge in [-0.05, 0) is 18.9 Å². The van der Waals surface area contributed by atoms with Crippen molar-refractivity contribution in [3.05, 3.63) is 24.0 Å². The van der Waals surface area contributed by atoms with Crippen LogP contribution in [0.4, 0.5) is 0 Å². The molecular weight excluding hydrogens is 162 g/mol. The first-order chi connectivity index (χ1) is 6.13. The van der Waals surface area contributed by atoms with Gasteiger partial charge in [-0.1, -0.05) is 20.3 Å². The van der Waals surface area contributed by atoms with Crippen molar-refractivity contribution in [2.75, 3.05) is 0 Å². The molecule has 0 amide bonds. The maximum atomic E-state index is 11.0. The fourth-order valence-electron chi connectivity index (χ4n) is 1.25. The molecule has 1 heterocycles. The standard InChI is InChI=1S/C11H17NO/c1-4-9(2)7-12-6-5-11(8-12)10(3)13/h5-6,8-9H,4,7H2,1-3H3. The van der Waals surface area contributed by atoms with Crippen LogP contribution in [0.5, 0.6) is 0 Å². The fraction of sp³-hybridized carbons (Fsp3) is 0.545. The van der Waals surface area contributed by atoms with Gasteiger partial charge in [0.2, 0.25) is 0 Å². The summed E-state index contributed by atoms with van der Waals surface area (Å²) in [6, 6.07) is 1.88. The van der Waals surface area contributed by atoms with Crippen molar-refractivity contribution in [3.8, 4) is 0 Å². The SMILES string of the molecule is CCC(C)Cn1ccc(C(C)=O)c1. The van der Waals surface area contributed by atoms with E-state index in [9.17, 15) is 4.79 Å². The van der Waals surface area contributed by atoms with E-state index in [0.717, 1.165) is 12.1 Å². The van der Waals surface area contributed by atoms with E-state index in [1.165, 1.54) is 6.42 Å². The maximum Gasteiger partial charge on any atom is 0.161 e. The quantitative estimate of drug-likeness (QED) is 0.651. The summed E-state index contributed by atoms with van der Waals surface area (Å²) >= 11 is 0. The first kappa shape index (κ1) is 10.0. The molecule has 0 saturated heterocycles. The van der Waals surface area contributed by atoms with E-state index >= 15 is 0 Å². The molecule has 2 nitrogen and oxygen atoms in total. The van der Waals surface area contributed by atoms with E-state index in [4.69, 9.17) is 0 Å². The molecule has 0 bridgehead atoms. The topological polar surface area (TPSA) is 22.0 Å². The number of nitrogens with zero attached hydrogens (tertiary/aromatic N) is 1. The minimum Gasteiger partial charge on any atom is -0.353 e. The molecule has 0 fully saturated rings. The van der Waals surface area contributed by atoms with Crippen LogP contribution >= 0.6 is 0 Å². The van der Waals surface area contributed by atoms with E-state index in [0.29, 0.717) is 5.92 Å². The van der Waals surface area contributed by atoms with E-state index in [2.05, 4.69) is 18.4 Å². The molecule has 0 saturated carbocycles. The zero-order chi connectivity index (χ0) is 9.84. The first-order valence-electron chi connectivity index (χ1n) is 4.80. The Morgan fingerprint density at radius 2 is 2.31 bits per heavy atom. The van der Waals surface area contributed by atoms with Gasteiger partial charge in [0.15, 0.2) is 5.78 Å². The highest BCUT2D eigenvalue weighted by atomic mass is 16.1. The van der Waals surface area contributed by atoms with Crippen molar-refractivity contribution in [1.82, 2.24) is 4.57 Å². The first-order valence-corrected chi connectivity index (χ1v) is 4.80. The van der Waals surface area contributed by atoms with Gasteiger partial charge >= 0.3 is 0 Å². The average molecular weight is 179 g/mol. The highest BCUT2D eigenvalue weighted by Gasteiger charge is 2.03. The molecule has 0 aliphatic rings. The smallest absolute Gasteiger partial charge is 0.161 e. The Bertz CT molecular complexity index is 288. The number of hydrogen-bond donors (Lipinski definition) is 0. The Labute approximate surface area is 79.6 Å². The molecule has 72 valence electrons. The molecular formula is C11H17NO. The Kier molecular flexibility index (Phi) is 3.29. The van der Waals surface area contributed by atoms with E-state index in [1.54, 1.807) is 6.92 Å². The van der Waals surface area contributed by atoms with Crippen molar-refractivity contribution >= 4 is 5.78 Å². The van der Waals surface area contributed by atoms with Gasteiger partial charge < -0.3 is 4.57 Å². The molecule has 0 N–H and O–H groups in total. The molecule has 1 aromatic heterocycles. The summed E-state index contributed by atoms with van der Waals surface area (Å²) in [6.07, 6.45) is 5.07. The van der Waals surface area contributed by atoms with Crippen molar-refractivity contribution in [2.45, 2.75) is 33.7 Å². The fourth-order valence-corrected chi connectivity index (χ4v) is 1.25. The molecule has 0 aliphatic heterocycles. The van der Waals surface area contributed by atoms with Crippen LogP contribution in [0, 0.1) is 5.92 Å². The van der Waals surface area contributed by atoms with Crippen LogP contribution in [0.3, 0.4) is 0 Å². The average Bonchev–Trinajstić information content (AvgIpc) is 2.52. The lowest BCUT2D eigenvalue weighted by atomic mass is 10.1.